The smallest absolute Gasteiger partial charge is 0.261 e. The minimum Gasteiger partial charge on any atom is -0.504 e. The Hall–Kier alpha value is -2.10. The summed E-state index contributed by atoms with van der Waals surface area (Å²) in [4.78, 5) is 23.3. The first-order valence-electron chi connectivity index (χ1n) is 5.39. The minimum atomic E-state index is -0.419. The van der Waals surface area contributed by atoms with E-state index < -0.39 is 5.91 Å². The molecule has 0 unspecified atom stereocenters. The van der Waals surface area contributed by atoms with Gasteiger partial charge in [-0.3, -0.25) is 14.9 Å². The molecule has 0 fully saturated rings. The number of fused-ring (bicyclic) bond motifs is 1. The van der Waals surface area contributed by atoms with Gasteiger partial charge >= 0.3 is 0 Å². The van der Waals surface area contributed by atoms with E-state index in [4.69, 9.17) is 4.74 Å². The molecule has 0 spiro atoms. The number of aryl methyl sites for hydroxylation is 1. The van der Waals surface area contributed by atoms with Crippen LogP contribution in [0.2, 0.25) is 0 Å². The summed E-state index contributed by atoms with van der Waals surface area (Å²) in [7, 11) is 1.47. The lowest BCUT2D eigenvalue weighted by Crippen LogP contribution is -2.36. The zero-order chi connectivity index (χ0) is 12.4. The molecular weight excluding hydrogens is 218 g/mol. The minimum absolute atomic E-state index is 0.360. The summed E-state index contributed by atoms with van der Waals surface area (Å²) in [6.07, 6.45) is 2.21. The number of imide groups is 1. The highest BCUT2D eigenvalue weighted by molar-refractivity contribution is 6.30. The third-order valence-corrected chi connectivity index (χ3v) is 2.73. The molecule has 0 saturated carbocycles. The lowest BCUT2D eigenvalue weighted by atomic mass is 9.93. The maximum Gasteiger partial charge on any atom is 0.261 e. The Labute approximate surface area is 99.3 Å². The van der Waals surface area contributed by atoms with Crippen molar-refractivity contribution in [3.8, 4) is 0 Å². The Morgan fingerprint density at radius 3 is 2.65 bits per heavy atom. The summed E-state index contributed by atoms with van der Waals surface area (Å²) in [6.45, 7) is 2.02. The van der Waals surface area contributed by atoms with Gasteiger partial charge in [-0.15, -0.1) is 0 Å². The van der Waals surface area contributed by atoms with Crippen molar-refractivity contribution in [3.05, 3.63) is 41.2 Å². The second-order valence-corrected chi connectivity index (χ2v) is 3.78. The Balaban J connectivity index is 2.62. The zero-order valence-corrected chi connectivity index (χ0v) is 9.74. The highest BCUT2D eigenvalue weighted by Gasteiger charge is 2.27. The SMILES string of the molecule is CCc1ccc2c(c1)/C(=C/OC)C(=O)NC2=O. The van der Waals surface area contributed by atoms with Gasteiger partial charge in [-0.2, -0.15) is 0 Å². The number of rotatable bonds is 2. The molecule has 2 rings (SSSR count). The molecule has 1 aliphatic rings. The van der Waals surface area contributed by atoms with Crippen LogP contribution in [0.1, 0.15) is 28.4 Å². The first-order valence-corrected chi connectivity index (χ1v) is 5.39. The number of ether oxygens (including phenoxy) is 1. The quantitative estimate of drug-likeness (QED) is 0.477. The summed E-state index contributed by atoms with van der Waals surface area (Å²) in [5, 5.41) is 2.28. The van der Waals surface area contributed by atoms with Gasteiger partial charge in [0.2, 0.25) is 0 Å². The van der Waals surface area contributed by atoms with Crippen LogP contribution in [0.15, 0.2) is 24.5 Å². The van der Waals surface area contributed by atoms with Crippen LogP contribution in [-0.2, 0) is 16.0 Å². The molecule has 0 aliphatic carbocycles. The van der Waals surface area contributed by atoms with E-state index in [2.05, 4.69) is 5.32 Å². The Morgan fingerprint density at radius 1 is 1.24 bits per heavy atom. The number of amides is 2. The van der Waals surface area contributed by atoms with Crippen molar-refractivity contribution in [2.45, 2.75) is 13.3 Å². The molecule has 0 aromatic heterocycles. The van der Waals surface area contributed by atoms with Crippen LogP contribution in [0.25, 0.3) is 5.57 Å². The maximum atomic E-state index is 11.7. The van der Waals surface area contributed by atoms with Crippen LogP contribution < -0.4 is 5.32 Å². The van der Waals surface area contributed by atoms with Crippen molar-refractivity contribution in [3.63, 3.8) is 0 Å². The van der Waals surface area contributed by atoms with E-state index in [1.165, 1.54) is 13.4 Å². The summed E-state index contributed by atoms with van der Waals surface area (Å²) in [6, 6.07) is 5.48. The maximum absolute atomic E-state index is 11.7. The van der Waals surface area contributed by atoms with Gasteiger partial charge in [0.05, 0.1) is 18.9 Å². The van der Waals surface area contributed by atoms with Gasteiger partial charge in [-0.25, -0.2) is 0 Å². The normalized spacial score (nSPS) is 16.7. The highest BCUT2D eigenvalue weighted by Crippen LogP contribution is 2.25. The van der Waals surface area contributed by atoms with Gasteiger partial charge in [0.1, 0.15) is 0 Å². The lowest BCUT2D eigenvalue weighted by Gasteiger charge is -2.18. The molecule has 1 N–H and O–H groups in total. The summed E-state index contributed by atoms with van der Waals surface area (Å²) in [5.74, 6) is -0.779. The van der Waals surface area contributed by atoms with Gasteiger partial charge in [0.25, 0.3) is 11.8 Å². The monoisotopic (exact) mass is 231 g/mol. The van der Waals surface area contributed by atoms with Crippen molar-refractivity contribution in [2.75, 3.05) is 7.11 Å². The van der Waals surface area contributed by atoms with Crippen molar-refractivity contribution in [1.82, 2.24) is 5.32 Å². The van der Waals surface area contributed by atoms with Crippen LogP contribution in [-0.4, -0.2) is 18.9 Å². The fourth-order valence-electron chi connectivity index (χ4n) is 1.83. The molecule has 4 nitrogen and oxygen atoms in total. The van der Waals surface area contributed by atoms with Crippen molar-refractivity contribution >= 4 is 17.4 Å². The standard InChI is InChI=1S/C13H13NO3/c1-3-8-4-5-9-10(6-8)11(7-17-2)13(16)14-12(9)15/h4-7H,3H2,1-2H3,(H,14,15,16)/b11-7-. The Morgan fingerprint density at radius 2 is 2.00 bits per heavy atom. The second kappa shape index (κ2) is 4.41. The highest BCUT2D eigenvalue weighted by atomic mass is 16.5. The van der Waals surface area contributed by atoms with Crippen molar-refractivity contribution < 1.29 is 14.3 Å². The number of benzene rings is 1. The van der Waals surface area contributed by atoms with E-state index in [0.717, 1.165) is 12.0 Å². The molecule has 1 aliphatic heterocycles. The van der Waals surface area contributed by atoms with E-state index in [-0.39, 0.29) is 5.91 Å². The van der Waals surface area contributed by atoms with Gasteiger partial charge in [-0.05, 0) is 18.1 Å². The third kappa shape index (κ3) is 1.93. The number of hydrogen-bond donors (Lipinski definition) is 1. The van der Waals surface area contributed by atoms with E-state index >= 15 is 0 Å². The molecule has 1 aromatic rings. The largest absolute Gasteiger partial charge is 0.504 e. The average molecular weight is 231 g/mol. The molecule has 17 heavy (non-hydrogen) atoms. The number of methoxy groups -OCH3 is 1. The van der Waals surface area contributed by atoms with Crippen molar-refractivity contribution in [2.24, 2.45) is 0 Å². The predicted octanol–water partition coefficient (Wildman–Crippen LogP) is 1.51. The van der Waals surface area contributed by atoms with Crippen LogP contribution >= 0.6 is 0 Å². The number of carbonyl (C=O) groups excluding carboxylic acids is 2. The van der Waals surface area contributed by atoms with Crippen LogP contribution in [0, 0.1) is 0 Å². The van der Waals surface area contributed by atoms with E-state index in [9.17, 15) is 9.59 Å². The van der Waals surface area contributed by atoms with Crippen LogP contribution in [0.3, 0.4) is 0 Å². The molecule has 2 amide bonds. The number of hydrogen-bond acceptors (Lipinski definition) is 3. The Bertz CT molecular complexity index is 517. The average Bonchev–Trinajstić information content (AvgIpc) is 2.33. The Kier molecular flexibility index (Phi) is 2.95. The van der Waals surface area contributed by atoms with Gasteiger partial charge < -0.3 is 4.74 Å². The van der Waals surface area contributed by atoms with Crippen LogP contribution in [0.4, 0.5) is 0 Å². The number of nitrogens with one attached hydrogen (secondary N) is 1. The molecule has 88 valence electrons. The lowest BCUT2D eigenvalue weighted by molar-refractivity contribution is -0.114. The predicted molar refractivity (Wildman–Crippen MR) is 63.3 cm³/mol. The topological polar surface area (TPSA) is 55.4 Å². The number of carbonyl (C=O) groups is 2. The molecule has 4 heteroatoms. The summed E-state index contributed by atoms with van der Waals surface area (Å²) < 4.78 is 4.88. The molecule has 1 aromatic carbocycles. The molecule has 0 radical (unpaired) electrons. The summed E-state index contributed by atoms with van der Waals surface area (Å²) in [5.41, 5.74) is 2.61. The molecular formula is C13H13NO3. The summed E-state index contributed by atoms with van der Waals surface area (Å²) >= 11 is 0. The van der Waals surface area contributed by atoms with E-state index in [1.807, 2.05) is 19.1 Å². The van der Waals surface area contributed by atoms with E-state index in [1.54, 1.807) is 6.07 Å². The third-order valence-electron chi connectivity index (χ3n) is 2.73. The van der Waals surface area contributed by atoms with Crippen LogP contribution in [0.5, 0.6) is 0 Å². The fourth-order valence-corrected chi connectivity index (χ4v) is 1.83. The first kappa shape index (κ1) is 11.4. The molecule has 1 heterocycles. The second-order valence-electron chi connectivity index (χ2n) is 3.78. The van der Waals surface area contributed by atoms with Gasteiger partial charge in [0, 0.05) is 11.1 Å². The van der Waals surface area contributed by atoms with Gasteiger partial charge in [-0.1, -0.05) is 19.1 Å². The van der Waals surface area contributed by atoms with Gasteiger partial charge in [0.15, 0.2) is 0 Å². The molecule has 0 saturated heterocycles. The van der Waals surface area contributed by atoms with Crippen molar-refractivity contribution in [1.29, 1.82) is 0 Å². The molecule has 0 bridgehead atoms. The van der Waals surface area contributed by atoms with E-state index in [0.29, 0.717) is 16.7 Å². The zero-order valence-electron chi connectivity index (χ0n) is 9.74. The first-order chi connectivity index (χ1) is 8.17. The molecule has 0 atom stereocenters. The fraction of sp³-hybridized carbons (Fsp3) is 0.231.